The van der Waals surface area contributed by atoms with Crippen LogP contribution in [-0.4, -0.2) is 48.3 Å². The van der Waals surface area contributed by atoms with E-state index < -0.39 is 0 Å². The molecule has 2 aliphatic heterocycles. The van der Waals surface area contributed by atoms with E-state index in [-0.39, 0.29) is 34.1 Å². The number of carbonyl (C=O) groups is 2. The second-order valence-electron chi connectivity index (χ2n) is 13.4. The molecule has 6 aromatic rings. The first-order valence-corrected chi connectivity index (χ1v) is 19.7. The molecule has 4 aromatic carbocycles. The minimum Gasteiger partial charge on any atom is -0.497 e. The van der Waals surface area contributed by atoms with Crippen molar-refractivity contribution < 1.29 is 19.1 Å². The van der Waals surface area contributed by atoms with Crippen molar-refractivity contribution in [1.29, 1.82) is 10.5 Å². The van der Waals surface area contributed by atoms with Gasteiger partial charge in [0.05, 0.1) is 42.1 Å². The Balaban J connectivity index is 0.000000256. The zero-order valence-corrected chi connectivity index (χ0v) is 34.2. The van der Waals surface area contributed by atoms with Gasteiger partial charge in [0.15, 0.2) is 0 Å². The fourth-order valence-corrected chi connectivity index (χ4v) is 7.59. The summed E-state index contributed by atoms with van der Waals surface area (Å²) in [6, 6.07) is 31.9. The highest BCUT2D eigenvalue weighted by Gasteiger charge is 2.23. The highest BCUT2D eigenvalue weighted by molar-refractivity contribution is 14.1. The molecular weight excluding hydrogens is 863 g/mol. The van der Waals surface area contributed by atoms with Crippen LogP contribution in [-0.2, 0) is 22.7 Å². The first-order valence-electron chi connectivity index (χ1n) is 18.6. The molecule has 0 saturated carbocycles. The van der Waals surface area contributed by atoms with Gasteiger partial charge in [-0.05, 0) is 102 Å². The van der Waals surface area contributed by atoms with Crippen molar-refractivity contribution in [2.75, 3.05) is 37.1 Å². The average Bonchev–Trinajstić information content (AvgIpc) is 4.03. The second kappa shape index (κ2) is 22.2. The van der Waals surface area contributed by atoms with Gasteiger partial charge in [0.2, 0.25) is 11.8 Å². The highest BCUT2D eigenvalue weighted by atomic mass is 127. The molecule has 0 bridgehead atoms. The number of aromatic nitrogens is 2. The molecule has 2 aliphatic rings. The minimum absolute atomic E-state index is 0. The molecule has 312 valence electrons. The fourth-order valence-electron chi connectivity index (χ4n) is 7.23. The third-order valence-corrected chi connectivity index (χ3v) is 10.7. The molecule has 0 N–H and O–H groups in total. The molecule has 0 atom stereocenters. The summed E-state index contributed by atoms with van der Waals surface area (Å²) in [6.45, 7) is 10.5. The van der Waals surface area contributed by atoms with Crippen LogP contribution in [0.3, 0.4) is 0 Å². The van der Waals surface area contributed by atoms with Crippen LogP contribution in [0.15, 0.2) is 116 Å². The van der Waals surface area contributed by atoms with Crippen LogP contribution in [0, 0.1) is 26.2 Å². The first kappa shape index (κ1) is 48.1. The summed E-state index contributed by atoms with van der Waals surface area (Å²) in [7, 11) is 3.26. The van der Waals surface area contributed by atoms with Crippen LogP contribution in [0.5, 0.6) is 11.5 Å². The molecule has 8 rings (SSSR count). The smallest absolute Gasteiger partial charge is 0.227 e. The molecule has 2 saturated heterocycles. The van der Waals surface area contributed by atoms with Crippen LogP contribution in [0.2, 0.25) is 0 Å². The van der Waals surface area contributed by atoms with Crippen molar-refractivity contribution in [3.63, 3.8) is 0 Å². The molecule has 0 aliphatic carbocycles. The van der Waals surface area contributed by atoms with Gasteiger partial charge in [-0.15, -0.1) is 13.2 Å². The zero-order chi connectivity index (χ0) is 40.5. The summed E-state index contributed by atoms with van der Waals surface area (Å²) in [5, 5.41) is 20.7. The normalized spacial score (nSPS) is 12.7. The Kier molecular flexibility index (Phi) is 17.8. The van der Waals surface area contributed by atoms with Gasteiger partial charge in [-0.3, -0.25) is 9.59 Å². The summed E-state index contributed by atoms with van der Waals surface area (Å²) >= 11 is 2.26. The maximum absolute atomic E-state index is 12.0. The summed E-state index contributed by atoms with van der Waals surface area (Å²) in [5.41, 5.74) is 6.96. The van der Waals surface area contributed by atoms with E-state index in [0.29, 0.717) is 37.1 Å². The van der Waals surface area contributed by atoms with Gasteiger partial charge in [-0.1, -0.05) is 46.6 Å². The number of halogens is 1. The molecule has 10 nitrogen and oxygen atoms in total. The van der Waals surface area contributed by atoms with E-state index in [0.717, 1.165) is 81.9 Å². The largest absolute Gasteiger partial charge is 0.497 e. The van der Waals surface area contributed by atoms with Gasteiger partial charge in [-0.2, -0.15) is 10.5 Å². The van der Waals surface area contributed by atoms with E-state index in [1.807, 2.05) is 112 Å². The Bertz CT molecular complexity index is 2520. The Labute approximate surface area is 368 Å². The lowest BCUT2D eigenvalue weighted by atomic mass is 10.1. The minimum atomic E-state index is 0. The van der Waals surface area contributed by atoms with Crippen molar-refractivity contribution in [3.05, 3.63) is 131 Å². The van der Waals surface area contributed by atoms with Gasteiger partial charge in [-0.25, -0.2) is 0 Å². The number of hydrogen-bond donors (Lipinski definition) is 0. The van der Waals surface area contributed by atoms with E-state index >= 15 is 0 Å². The van der Waals surface area contributed by atoms with Crippen molar-refractivity contribution >= 4 is 67.6 Å². The molecule has 11 heteroatoms. The standard InChI is InChI=1S/C23H21N3O2.C13H12N2O.C10H10INO.3CH4/c1-3-12-26-21-14-18(28-2)10-11-19(21)20(15-24)23(26)16-6-8-17(9-7-16)25-13-4-5-22(25)27;1-3-6-15-9-10(8-14)12-5-4-11(16-2)7-13(12)15;11-8-3-5-9(6-4-8)12-7-1-2-10(12)13;;;/h3,6-11,14H,1,4-5,12-13H2,2H3;3-5,7,9H,1,6H2,2H3;3-6H,1-2,7H2;3*1H4. The van der Waals surface area contributed by atoms with Crippen LogP contribution < -0.4 is 19.3 Å². The summed E-state index contributed by atoms with van der Waals surface area (Å²) in [6.07, 6.45) is 8.66. The zero-order valence-electron chi connectivity index (χ0n) is 32.1. The molecule has 60 heavy (non-hydrogen) atoms. The summed E-state index contributed by atoms with van der Waals surface area (Å²) in [5.74, 6) is 1.95. The predicted octanol–water partition coefficient (Wildman–Crippen LogP) is 11.5. The van der Waals surface area contributed by atoms with Crippen LogP contribution >= 0.6 is 22.6 Å². The Morgan fingerprint density at radius 3 is 1.68 bits per heavy atom. The van der Waals surface area contributed by atoms with Crippen molar-refractivity contribution in [3.8, 4) is 34.9 Å². The molecule has 0 unspecified atom stereocenters. The summed E-state index contributed by atoms with van der Waals surface area (Å²) in [4.78, 5) is 27.1. The molecule has 2 fully saturated rings. The third-order valence-electron chi connectivity index (χ3n) is 9.97. The number of methoxy groups -OCH3 is 2. The van der Waals surface area contributed by atoms with Crippen molar-refractivity contribution in [2.45, 2.75) is 61.1 Å². The number of carbonyl (C=O) groups excluding carboxylic acids is 2. The number of nitriles is 2. The number of hydrogen-bond acceptors (Lipinski definition) is 6. The number of fused-ring (bicyclic) bond motifs is 2. The van der Waals surface area contributed by atoms with Gasteiger partial charge in [0.1, 0.15) is 23.6 Å². The van der Waals surface area contributed by atoms with E-state index in [9.17, 15) is 14.9 Å². The number of ether oxygens (including phenoxy) is 2. The highest BCUT2D eigenvalue weighted by Crippen LogP contribution is 2.36. The van der Waals surface area contributed by atoms with E-state index in [1.165, 1.54) is 3.57 Å². The Morgan fingerprint density at radius 1 is 0.700 bits per heavy atom. The summed E-state index contributed by atoms with van der Waals surface area (Å²) < 4.78 is 15.8. The molecule has 4 heterocycles. The topological polar surface area (TPSA) is 117 Å². The number of benzene rings is 4. The van der Waals surface area contributed by atoms with Gasteiger partial charge in [0.25, 0.3) is 0 Å². The molecule has 0 radical (unpaired) electrons. The van der Waals surface area contributed by atoms with E-state index in [1.54, 1.807) is 20.3 Å². The van der Waals surface area contributed by atoms with Gasteiger partial charge in [0, 0.05) is 83.1 Å². The number of anilines is 2. The van der Waals surface area contributed by atoms with Crippen LogP contribution in [0.4, 0.5) is 11.4 Å². The molecule has 0 spiro atoms. The maximum atomic E-state index is 12.0. The third kappa shape index (κ3) is 10.3. The lowest BCUT2D eigenvalue weighted by Crippen LogP contribution is -2.23. The molecule has 2 amide bonds. The Morgan fingerprint density at radius 2 is 1.22 bits per heavy atom. The number of nitrogens with zero attached hydrogens (tertiary/aromatic N) is 6. The van der Waals surface area contributed by atoms with Gasteiger partial charge < -0.3 is 28.4 Å². The quantitative estimate of drug-likeness (QED) is 0.105. The number of allylic oxidation sites excluding steroid dienone is 2. The maximum Gasteiger partial charge on any atom is 0.227 e. The molecule has 2 aromatic heterocycles. The lowest BCUT2D eigenvalue weighted by molar-refractivity contribution is -0.117. The van der Waals surface area contributed by atoms with Gasteiger partial charge >= 0.3 is 0 Å². The van der Waals surface area contributed by atoms with Crippen molar-refractivity contribution in [2.24, 2.45) is 0 Å². The predicted molar refractivity (Wildman–Crippen MR) is 255 cm³/mol. The van der Waals surface area contributed by atoms with E-state index in [2.05, 4.69) is 52.5 Å². The first-order chi connectivity index (χ1) is 27.7. The molecular formula is C49H55IN6O4. The van der Waals surface area contributed by atoms with Crippen LogP contribution in [0.1, 0.15) is 59.1 Å². The van der Waals surface area contributed by atoms with Crippen LogP contribution in [0.25, 0.3) is 33.1 Å². The van der Waals surface area contributed by atoms with E-state index in [4.69, 9.17) is 14.7 Å². The second-order valence-corrected chi connectivity index (χ2v) is 14.7. The number of amides is 2. The van der Waals surface area contributed by atoms with Crippen molar-refractivity contribution in [1.82, 2.24) is 9.13 Å². The monoisotopic (exact) mass is 918 g/mol. The SMILES string of the molecule is C.C.C.C=CCn1c(-c2ccc(N3CCCC3=O)cc2)c(C#N)c2ccc(OC)cc21.C=CCn1cc(C#N)c2ccc(OC)cc21.O=C1CCCN1c1ccc(I)cc1. The lowest BCUT2D eigenvalue weighted by Gasteiger charge is -2.16. The number of rotatable bonds is 9. The fraction of sp³-hybridized carbons (Fsp3) is 0.265. The Hall–Kier alpha value is -6.31. The average molecular weight is 919 g/mol.